The van der Waals surface area contributed by atoms with Crippen molar-refractivity contribution in [1.29, 1.82) is 0 Å². The second-order valence-corrected chi connectivity index (χ2v) is 2.94. The highest BCUT2D eigenvalue weighted by Gasteiger charge is 2.35. The summed E-state index contributed by atoms with van der Waals surface area (Å²) in [6.45, 7) is 1.26. The molecular weight excluding hydrogens is 245 g/mol. The summed E-state index contributed by atoms with van der Waals surface area (Å²) in [4.78, 5) is 12.7. The van der Waals surface area contributed by atoms with Crippen LogP contribution in [-0.4, -0.2) is 23.4 Å². The third-order valence-corrected chi connectivity index (χ3v) is 1.72. The van der Waals surface area contributed by atoms with Gasteiger partial charge in [0.05, 0.1) is 7.11 Å². The van der Waals surface area contributed by atoms with E-state index in [1.165, 1.54) is 6.92 Å². The van der Waals surface area contributed by atoms with E-state index in [9.17, 15) is 23.3 Å². The van der Waals surface area contributed by atoms with Crippen molar-refractivity contribution in [2.45, 2.75) is 13.3 Å². The Hall–Kier alpha value is -2.06. The number of halogens is 3. The molecule has 0 unspecified atom stereocenters. The van der Waals surface area contributed by atoms with Crippen molar-refractivity contribution in [3.63, 3.8) is 0 Å². The van der Waals surface area contributed by atoms with Crippen LogP contribution in [0.4, 0.5) is 19.0 Å². The van der Waals surface area contributed by atoms with Gasteiger partial charge in [-0.1, -0.05) is 0 Å². The molecule has 1 rings (SSSR count). The average molecular weight is 252 g/mol. The molecule has 17 heavy (non-hydrogen) atoms. The zero-order chi connectivity index (χ0) is 13.2. The van der Waals surface area contributed by atoms with Crippen molar-refractivity contribution in [1.82, 2.24) is 4.98 Å². The molecule has 0 aliphatic heterocycles. The van der Waals surface area contributed by atoms with E-state index in [-0.39, 0.29) is 11.3 Å². The molecule has 9 heteroatoms. The number of nitrogens with zero attached hydrogens (tertiary/aromatic N) is 2. The van der Waals surface area contributed by atoms with Crippen molar-refractivity contribution in [2.24, 2.45) is 0 Å². The number of aromatic nitrogens is 1. The molecule has 1 heterocycles. The Bertz CT molecular complexity index is 447. The lowest BCUT2D eigenvalue weighted by Crippen LogP contribution is -2.19. The lowest BCUT2D eigenvalue weighted by atomic mass is 10.3. The predicted molar refractivity (Wildman–Crippen MR) is 48.9 cm³/mol. The molecule has 0 aromatic carbocycles. The maximum Gasteiger partial charge on any atom is 0.575 e. The molecule has 0 radical (unpaired) electrons. The van der Waals surface area contributed by atoms with Gasteiger partial charge in [0.1, 0.15) is 0 Å². The van der Waals surface area contributed by atoms with Crippen LogP contribution in [0.25, 0.3) is 0 Å². The molecule has 0 saturated carbocycles. The van der Waals surface area contributed by atoms with Gasteiger partial charge in [-0.05, 0) is 17.9 Å². The number of pyridine rings is 1. The maximum absolute atomic E-state index is 12.0. The summed E-state index contributed by atoms with van der Waals surface area (Å²) in [7, 11) is 1.15. The van der Waals surface area contributed by atoms with Gasteiger partial charge in [-0.25, -0.2) is 0 Å². The summed E-state index contributed by atoms with van der Waals surface area (Å²) in [5.74, 6) is -1.94. The third kappa shape index (κ3) is 3.20. The first-order valence-electron chi connectivity index (χ1n) is 4.20. The number of hydrogen-bond donors (Lipinski definition) is 0. The van der Waals surface area contributed by atoms with E-state index >= 15 is 0 Å². The maximum atomic E-state index is 12.0. The van der Waals surface area contributed by atoms with Gasteiger partial charge in [-0.3, -0.25) is 0 Å². The number of ether oxygens (including phenoxy) is 2. The second kappa shape index (κ2) is 4.44. The van der Waals surface area contributed by atoms with Gasteiger partial charge < -0.3 is 19.6 Å². The molecule has 0 fully saturated rings. The minimum absolute atomic E-state index is 0.0234. The first-order chi connectivity index (χ1) is 7.74. The molecule has 0 aliphatic rings. The topological polar surface area (TPSA) is 74.5 Å². The van der Waals surface area contributed by atoms with Gasteiger partial charge >= 0.3 is 18.1 Å². The zero-order valence-electron chi connectivity index (χ0n) is 8.74. The van der Waals surface area contributed by atoms with Crippen LogP contribution in [0.5, 0.6) is 11.6 Å². The predicted octanol–water partition coefficient (Wildman–Crippen LogP) is 2.21. The van der Waals surface area contributed by atoms with Gasteiger partial charge in [-0.2, -0.15) is 0 Å². The number of nitro groups is 1. The molecule has 1 aromatic heterocycles. The van der Waals surface area contributed by atoms with Gasteiger partial charge in [0, 0.05) is 10.5 Å². The molecule has 0 aliphatic carbocycles. The Balaban J connectivity index is 3.25. The van der Waals surface area contributed by atoms with E-state index in [0.717, 1.165) is 13.2 Å². The molecule has 0 N–H and O–H groups in total. The van der Waals surface area contributed by atoms with E-state index in [0.29, 0.717) is 0 Å². The molecule has 94 valence electrons. The van der Waals surface area contributed by atoms with Crippen molar-refractivity contribution in [3.8, 4) is 11.6 Å². The summed E-state index contributed by atoms with van der Waals surface area (Å²) >= 11 is 0. The molecule has 0 bridgehead atoms. The molecule has 1 aromatic rings. The SMILES string of the molecule is COc1cc(C)c(OC(F)(F)F)nc1[N+](=O)[O-]. The molecule has 0 atom stereocenters. The largest absolute Gasteiger partial charge is 0.575 e. The van der Waals surface area contributed by atoms with Gasteiger partial charge in [-0.15, -0.1) is 13.2 Å². The Morgan fingerprint density at radius 2 is 2.06 bits per heavy atom. The fourth-order valence-electron chi connectivity index (χ4n) is 1.06. The Kier molecular flexibility index (Phi) is 3.39. The highest BCUT2D eigenvalue weighted by Crippen LogP contribution is 2.32. The van der Waals surface area contributed by atoms with E-state index in [2.05, 4.69) is 14.5 Å². The summed E-state index contributed by atoms with van der Waals surface area (Å²) in [5.41, 5.74) is -0.0234. The van der Waals surface area contributed by atoms with E-state index in [1.807, 2.05) is 0 Å². The van der Waals surface area contributed by atoms with Gasteiger partial charge in [0.25, 0.3) is 0 Å². The van der Waals surface area contributed by atoms with E-state index < -0.39 is 23.0 Å². The van der Waals surface area contributed by atoms with Crippen LogP contribution in [-0.2, 0) is 0 Å². The zero-order valence-corrected chi connectivity index (χ0v) is 8.74. The number of alkyl halides is 3. The quantitative estimate of drug-likeness (QED) is 0.609. The van der Waals surface area contributed by atoms with Crippen molar-refractivity contribution >= 4 is 5.82 Å². The summed E-state index contributed by atoms with van der Waals surface area (Å²) in [6, 6.07) is 1.05. The van der Waals surface area contributed by atoms with Crippen molar-refractivity contribution in [3.05, 3.63) is 21.7 Å². The number of methoxy groups -OCH3 is 1. The Morgan fingerprint density at radius 3 is 2.47 bits per heavy atom. The average Bonchev–Trinajstić information content (AvgIpc) is 2.18. The van der Waals surface area contributed by atoms with Crippen molar-refractivity contribution in [2.75, 3.05) is 7.11 Å². The lowest BCUT2D eigenvalue weighted by Gasteiger charge is -2.08. The lowest BCUT2D eigenvalue weighted by molar-refractivity contribution is -0.390. The highest BCUT2D eigenvalue weighted by atomic mass is 19.4. The van der Waals surface area contributed by atoms with Crippen LogP contribution in [0.15, 0.2) is 6.07 Å². The van der Waals surface area contributed by atoms with Crippen LogP contribution in [0, 0.1) is 17.0 Å². The number of rotatable bonds is 3. The first kappa shape index (κ1) is 13.0. The van der Waals surface area contributed by atoms with E-state index in [4.69, 9.17) is 0 Å². The smallest absolute Gasteiger partial charge is 0.489 e. The summed E-state index contributed by atoms with van der Waals surface area (Å²) in [6.07, 6.45) is -4.96. The summed E-state index contributed by atoms with van der Waals surface area (Å²) < 4.78 is 44.1. The molecule has 0 saturated heterocycles. The summed E-state index contributed by atoms with van der Waals surface area (Å²) in [5, 5.41) is 10.5. The monoisotopic (exact) mass is 252 g/mol. The fraction of sp³-hybridized carbons (Fsp3) is 0.375. The van der Waals surface area contributed by atoms with Crippen LogP contribution in [0.3, 0.4) is 0 Å². The Labute approximate surface area is 93.1 Å². The van der Waals surface area contributed by atoms with Gasteiger partial charge in [0.15, 0.2) is 0 Å². The standard InChI is InChI=1S/C8H7F3N2O4/c1-4-3-5(16-2)6(13(14)15)12-7(4)17-8(9,10)11/h3H,1-2H3. The fourth-order valence-corrected chi connectivity index (χ4v) is 1.06. The second-order valence-electron chi connectivity index (χ2n) is 2.94. The number of hydrogen-bond acceptors (Lipinski definition) is 5. The minimum atomic E-state index is -4.96. The van der Waals surface area contributed by atoms with Gasteiger partial charge in [0.2, 0.25) is 5.75 Å². The highest BCUT2D eigenvalue weighted by molar-refractivity contribution is 5.46. The molecule has 0 amide bonds. The van der Waals surface area contributed by atoms with Crippen LogP contribution >= 0.6 is 0 Å². The van der Waals surface area contributed by atoms with Crippen molar-refractivity contribution < 1.29 is 27.6 Å². The first-order valence-corrected chi connectivity index (χ1v) is 4.20. The van der Waals surface area contributed by atoms with E-state index in [1.54, 1.807) is 0 Å². The minimum Gasteiger partial charge on any atom is -0.489 e. The Morgan fingerprint density at radius 1 is 1.47 bits per heavy atom. The van der Waals surface area contributed by atoms with Crippen LogP contribution in [0.1, 0.15) is 5.56 Å². The molecule has 6 nitrogen and oxygen atoms in total. The van der Waals surface area contributed by atoms with Crippen LogP contribution in [0.2, 0.25) is 0 Å². The third-order valence-electron chi connectivity index (χ3n) is 1.72. The van der Waals surface area contributed by atoms with Crippen LogP contribution < -0.4 is 9.47 Å². The normalized spacial score (nSPS) is 11.1. The molecular formula is C8H7F3N2O4. The number of aryl methyl sites for hydroxylation is 1. The molecule has 0 spiro atoms.